The molecule has 0 radical (unpaired) electrons. The third-order valence-electron chi connectivity index (χ3n) is 10.4. The van der Waals surface area contributed by atoms with E-state index in [4.69, 9.17) is 9.47 Å². The van der Waals surface area contributed by atoms with Crippen molar-refractivity contribution >= 4 is 11.9 Å². The minimum atomic E-state index is -0.0824. The molecule has 6 nitrogen and oxygen atoms in total. The lowest BCUT2D eigenvalue weighted by atomic mass is 9.95. The Balaban J connectivity index is 2.13. The van der Waals surface area contributed by atoms with Crippen LogP contribution < -0.4 is 0 Å². The first-order chi connectivity index (χ1) is 25.5. The summed E-state index contributed by atoms with van der Waals surface area (Å²) in [5, 5.41) is 9.53. The van der Waals surface area contributed by atoms with Crippen molar-refractivity contribution < 1.29 is 24.2 Å². The van der Waals surface area contributed by atoms with Crippen molar-refractivity contribution in [2.24, 2.45) is 0 Å². The van der Waals surface area contributed by atoms with Gasteiger partial charge in [0.15, 0.2) is 0 Å². The molecule has 0 amide bonds. The van der Waals surface area contributed by atoms with Crippen LogP contribution in [0.3, 0.4) is 0 Å². The average Bonchev–Trinajstić information content (AvgIpc) is 3.15. The van der Waals surface area contributed by atoms with Crippen molar-refractivity contribution in [2.75, 3.05) is 32.8 Å². The fourth-order valence-corrected chi connectivity index (χ4v) is 7.03. The molecule has 1 aromatic rings. The van der Waals surface area contributed by atoms with Crippen LogP contribution in [-0.2, 0) is 38.5 Å². The van der Waals surface area contributed by atoms with Gasteiger partial charge in [0.1, 0.15) is 6.61 Å². The number of aliphatic hydroxyl groups excluding tert-OH is 1. The van der Waals surface area contributed by atoms with Crippen LogP contribution in [0.4, 0.5) is 0 Å². The Morgan fingerprint density at radius 1 is 0.519 bits per heavy atom. The second kappa shape index (κ2) is 36.1. The van der Waals surface area contributed by atoms with Crippen LogP contribution in [0.5, 0.6) is 0 Å². The molecular weight excluding hydrogens is 647 g/mol. The Labute approximate surface area is 321 Å². The molecule has 0 aliphatic heterocycles. The first-order valence-corrected chi connectivity index (χ1v) is 22.3. The number of benzene rings is 1. The molecule has 1 N–H and O–H groups in total. The summed E-state index contributed by atoms with van der Waals surface area (Å²) in [6.45, 7) is 10.7. The van der Waals surface area contributed by atoms with Gasteiger partial charge in [-0.15, -0.1) is 0 Å². The van der Waals surface area contributed by atoms with E-state index in [0.717, 1.165) is 115 Å². The predicted octanol–water partition coefficient (Wildman–Crippen LogP) is 12.2. The quantitative estimate of drug-likeness (QED) is 0.0539. The van der Waals surface area contributed by atoms with Gasteiger partial charge >= 0.3 is 11.9 Å². The maximum atomic E-state index is 12.5. The van der Waals surface area contributed by atoms with Crippen LogP contribution >= 0.6 is 0 Å². The Bertz CT molecular complexity index is 966. The molecule has 0 unspecified atom stereocenters. The number of aryl methyl sites for hydroxylation is 2. The highest BCUT2D eigenvalue weighted by atomic mass is 16.5. The molecule has 6 heteroatoms. The first kappa shape index (κ1) is 48.1. The molecule has 0 aliphatic carbocycles. The van der Waals surface area contributed by atoms with Crippen LogP contribution in [0.2, 0.25) is 0 Å². The highest BCUT2D eigenvalue weighted by molar-refractivity contribution is 5.69. The van der Waals surface area contributed by atoms with E-state index in [0.29, 0.717) is 26.1 Å². The van der Waals surface area contributed by atoms with Crippen LogP contribution in [0.1, 0.15) is 211 Å². The minimum absolute atomic E-state index is 0.0357. The highest BCUT2D eigenvalue weighted by Gasteiger charge is 2.09. The molecule has 52 heavy (non-hydrogen) atoms. The number of rotatable bonds is 38. The lowest BCUT2D eigenvalue weighted by molar-refractivity contribution is -0.145. The van der Waals surface area contributed by atoms with E-state index in [-0.39, 0.29) is 18.5 Å². The van der Waals surface area contributed by atoms with Gasteiger partial charge in [0.05, 0.1) is 13.2 Å². The normalized spacial score (nSPS) is 11.4. The Morgan fingerprint density at radius 2 is 0.981 bits per heavy atom. The molecular formula is C46H83NO5. The van der Waals surface area contributed by atoms with E-state index in [1.807, 2.05) is 0 Å². The third kappa shape index (κ3) is 28.6. The highest BCUT2D eigenvalue weighted by Crippen LogP contribution is 2.20. The summed E-state index contributed by atoms with van der Waals surface area (Å²) < 4.78 is 11.1. The monoisotopic (exact) mass is 730 g/mol. The van der Waals surface area contributed by atoms with Crippen LogP contribution in [-0.4, -0.2) is 54.8 Å². The molecule has 0 atom stereocenters. The number of hydrogen-bond acceptors (Lipinski definition) is 6. The fourth-order valence-electron chi connectivity index (χ4n) is 7.03. The Hall–Kier alpha value is -1.92. The Kier molecular flexibility index (Phi) is 33.4. The van der Waals surface area contributed by atoms with Crippen molar-refractivity contribution in [3.8, 4) is 0 Å². The van der Waals surface area contributed by atoms with Gasteiger partial charge in [-0.2, -0.15) is 0 Å². The van der Waals surface area contributed by atoms with Gasteiger partial charge in [0.25, 0.3) is 0 Å². The number of carbonyl (C=O) groups excluding carboxylic acids is 2. The largest absolute Gasteiger partial charge is 0.466 e. The zero-order valence-corrected chi connectivity index (χ0v) is 34.5. The van der Waals surface area contributed by atoms with E-state index in [1.54, 1.807) is 0 Å². The van der Waals surface area contributed by atoms with Gasteiger partial charge in [-0.1, -0.05) is 155 Å². The van der Waals surface area contributed by atoms with Crippen molar-refractivity contribution in [2.45, 2.75) is 214 Å². The van der Waals surface area contributed by atoms with E-state index in [9.17, 15) is 14.7 Å². The minimum Gasteiger partial charge on any atom is -0.466 e. The third-order valence-corrected chi connectivity index (χ3v) is 10.4. The van der Waals surface area contributed by atoms with Crippen molar-refractivity contribution in [1.29, 1.82) is 0 Å². The summed E-state index contributed by atoms with van der Waals surface area (Å²) >= 11 is 0. The summed E-state index contributed by atoms with van der Waals surface area (Å²) in [5.41, 5.74) is 4.06. The molecule has 0 heterocycles. The van der Waals surface area contributed by atoms with Crippen LogP contribution in [0.15, 0.2) is 18.2 Å². The van der Waals surface area contributed by atoms with Crippen molar-refractivity contribution in [3.05, 3.63) is 34.9 Å². The molecule has 0 aromatic heterocycles. The number of esters is 2. The molecule has 0 saturated heterocycles. The average molecular weight is 730 g/mol. The smallest absolute Gasteiger partial charge is 0.306 e. The zero-order valence-electron chi connectivity index (χ0n) is 34.5. The maximum Gasteiger partial charge on any atom is 0.306 e. The van der Waals surface area contributed by atoms with Gasteiger partial charge < -0.3 is 19.5 Å². The van der Waals surface area contributed by atoms with E-state index in [2.05, 4.69) is 43.9 Å². The lowest BCUT2D eigenvalue weighted by Gasteiger charge is -2.21. The number of carbonyl (C=O) groups is 2. The van der Waals surface area contributed by atoms with Crippen LogP contribution in [0.25, 0.3) is 0 Å². The predicted molar refractivity (Wildman–Crippen MR) is 220 cm³/mol. The summed E-state index contributed by atoms with van der Waals surface area (Å²) in [4.78, 5) is 26.9. The summed E-state index contributed by atoms with van der Waals surface area (Å²) in [6.07, 6.45) is 33.0. The van der Waals surface area contributed by atoms with E-state index < -0.39 is 0 Å². The number of unbranched alkanes of at least 4 members (excludes halogenated alkanes) is 20. The summed E-state index contributed by atoms with van der Waals surface area (Å²) in [5.74, 6) is -0.118. The second-order valence-corrected chi connectivity index (χ2v) is 15.3. The SMILES string of the molecule is CCCCCCCCCOC(=O)CCCCCCCN(CCO)CCCCCCCC(=O)OCc1ccc(CCCCCC)c(CCCCCC)c1. The first-order valence-electron chi connectivity index (χ1n) is 22.3. The molecule has 302 valence electrons. The molecule has 1 aromatic carbocycles. The fraction of sp³-hybridized carbons (Fsp3) is 0.826. The number of hydrogen-bond donors (Lipinski definition) is 1. The van der Waals surface area contributed by atoms with Gasteiger partial charge in [-0.25, -0.2) is 0 Å². The van der Waals surface area contributed by atoms with Crippen molar-refractivity contribution in [3.63, 3.8) is 0 Å². The van der Waals surface area contributed by atoms with Gasteiger partial charge in [-0.05, 0) is 87.6 Å². The van der Waals surface area contributed by atoms with Gasteiger partial charge in [-0.3, -0.25) is 9.59 Å². The molecule has 0 saturated carbocycles. The molecule has 0 aliphatic rings. The maximum absolute atomic E-state index is 12.5. The van der Waals surface area contributed by atoms with Crippen molar-refractivity contribution in [1.82, 2.24) is 4.90 Å². The Morgan fingerprint density at radius 3 is 1.54 bits per heavy atom. The standard InChI is InChI=1S/C46H83NO5/c1-4-7-10-13-14-21-28-39-51-45(49)31-24-17-15-19-26-35-47(37-38-48)36-27-20-16-18-25-32-46(50)52-41-42-33-34-43(29-22-11-8-5-2)44(40-42)30-23-12-9-6-3/h33-34,40,48H,4-32,35-39,41H2,1-3H3. The molecule has 0 bridgehead atoms. The zero-order chi connectivity index (χ0) is 37.7. The van der Waals surface area contributed by atoms with Crippen LogP contribution in [0, 0.1) is 0 Å². The molecule has 0 fully saturated rings. The molecule has 0 spiro atoms. The van der Waals surface area contributed by atoms with E-state index in [1.165, 1.54) is 94.6 Å². The second-order valence-electron chi connectivity index (χ2n) is 15.3. The lowest BCUT2D eigenvalue weighted by Crippen LogP contribution is -2.29. The van der Waals surface area contributed by atoms with Gasteiger partial charge in [0.2, 0.25) is 0 Å². The topological polar surface area (TPSA) is 76.1 Å². The number of ether oxygens (including phenoxy) is 2. The molecule has 1 rings (SSSR count). The van der Waals surface area contributed by atoms with E-state index >= 15 is 0 Å². The summed E-state index contributed by atoms with van der Waals surface area (Å²) in [7, 11) is 0. The van der Waals surface area contributed by atoms with Gasteiger partial charge in [0, 0.05) is 19.4 Å². The number of aliphatic hydroxyl groups is 1. The summed E-state index contributed by atoms with van der Waals surface area (Å²) in [6, 6.07) is 6.75. The number of nitrogens with zero attached hydrogens (tertiary/aromatic N) is 1.